The quantitative estimate of drug-likeness (QED) is 0.148. The predicted molar refractivity (Wildman–Crippen MR) is 141 cm³/mol. The average Bonchev–Trinajstić information content (AvgIpc) is 3.26. The molecule has 13 heteroatoms. The van der Waals surface area contributed by atoms with Gasteiger partial charge in [-0.2, -0.15) is 12.6 Å². The second kappa shape index (κ2) is 13.7. The summed E-state index contributed by atoms with van der Waals surface area (Å²) in [7, 11) is 0. The molecule has 0 bridgehead atoms. The first kappa shape index (κ1) is 29.6. The number of benzene rings is 1. The van der Waals surface area contributed by atoms with Crippen LogP contribution in [0.15, 0.2) is 30.5 Å². The zero-order chi connectivity index (χ0) is 27.7. The number of hydrogen-bond acceptors (Lipinski definition) is 7. The van der Waals surface area contributed by atoms with Crippen LogP contribution >= 0.6 is 12.6 Å². The number of nitrogens with one attached hydrogen (secondary N) is 4. The van der Waals surface area contributed by atoms with Crippen LogP contribution in [0.25, 0.3) is 10.9 Å². The first-order valence-corrected chi connectivity index (χ1v) is 12.4. The van der Waals surface area contributed by atoms with Gasteiger partial charge in [-0.1, -0.05) is 38.5 Å². The zero-order valence-electron chi connectivity index (χ0n) is 20.7. The van der Waals surface area contributed by atoms with Crippen molar-refractivity contribution in [3.05, 3.63) is 36.0 Å². The largest absolute Gasteiger partial charge is 0.480 e. The molecule has 9 N–H and O–H groups in total. The molecule has 0 spiro atoms. The zero-order valence-corrected chi connectivity index (χ0v) is 21.6. The average molecular weight is 535 g/mol. The molecule has 1 heterocycles. The van der Waals surface area contributed by atoms with Gasteiger partial charge in [0.2, 0.25) is 23.6 Å². The van der Waals surface area contributed by atoms with Crippen LogP contribution in [0, 0.1) is 5.92 Å². The number of carbonyl (C=O) groups is 5. The third kappa shape index (κ3) is 8.22. The second-order valence-electron chi connectivity index (χ2n) is 8.86. The maximum Gasteiger partial charge on any atom is 0.327 e. The number of carboxylic acid groups (broad SMARTS) is 1. The number of rotatable bonds is 14. The van der Waals surface area contributed by atoms with Crippen LogP contribution in [0.3, 0.4) is 0 Å². The fourth-order valence-corrected chi connectivity index (χ4v) is 3.97. The summed E-state index contributed by atoms with van der Waals surface area (Å²) < 4.78 is 0. The van der Waals surface area contributed by atoms with Crippen molar-refractivity contribution < 1.29 is 29.1 Å². The molecule has 12 nitrogen and oxygen atoms in total. The molecule has 2 aromatic rings. The molecule has 202 valence electrons. The van der Waals surface area contributed by atoms with E-state index in [1.807, 2.05) is 24.3 Å². The molecular weight excluding hydrogens is 500 g/mol. The van der Waals surface area contributed by atoms with Gasteiger partial charge in [0.15, 0.2) is 0 Å². The minimum absolute atomic E-state index is 0.156. The first-order chi connectivity index (χ1) is 17.5. The first-order valence-electron chi connectivity index (χ1n) is 11.8. The smallest absolute Gasteiger partial charge is 0.327 e. The number of carboxylic acids is 1. The van der Waals surface area contributed by atoms with Crippen LogP contribution in [0.5, 0.6) is 0 Å². The molecule has 37 heavy (non-hydrogen) atoms. The SMILES string of the molecule is CCC(C)C(NC(=O)C(CC(N)=O)NC(=O)C(N)Cc1c[nH]c2ccccc12)C(=O)NC(CS)C(=O)O. The van der Waals surface area contributed by atoms with E-state index in [0.29, 0.717) is 6.42 Å². The van der Waals surface area contributed by atoms with Gasteiger partial charge in [-0.05, 0) is 24.0 Å². The summed E-state index contributed by atoms with van der Waals surface area (Å²) in [5.74, 6) is -4.92. The van der Waals surface area contributed by atoms with E-state index in [9.17, 15) is 29.1 Å². The van der Waals surface area contributed by atoms with Crippen molar-refractivity contribution in [3.8, 4) is 0 Å². The lowest BCUT2D eigenvalue weighted by molar-refractivity contribution is -0.142. The molecule has 0 saturated carbocycles. The van der Waals surface area contributed by atoms with Crippen molar-refractivity contribution in [2.24, 2.45) is 17.4 Å². The molecular formula is C24H34N6O6S. The van der Waals surface area contributed by atoms with E-state index in [2.05, 4.69) is 33.6 Å². The molecule has 0 aliphatic carbocycles. The molecule has 0 radical (unpaired) electrons. The van der Waals surface area contributed by atoms with Gasteiger partial charge in [0.05, 0.1) is 12.5 Å². The Hall–Kier alpha value is -3.58. The summed E-state index contributed by atoms with van der Waals surface area (Å²) in [6.45, 7) is 3.48. The molecule has 5 unspecified atom stereocenters. The Balaban J connectivity index is 2.14. The van der Waals surface area contributed by atoms with E-state index in [1.165, 1.54) is 0 Å². The summed E-state index contributed by atoms with van der Waals surface area (Å²) in [6.07, 6.45) is 1.86. The number of H-pyrrole nitrogens is 1. The van der Waals surface area contributed by atoms with Gasteiger partial charge < -0.3 is 37.5 Å². The minimum Gasteiger partial charge on any atom is -0.480 e. The van der Waals surface area contributed by atoms with E-state index in [4.69, 9.17) is 11.5 Å². The van der Waals surface area contributed by atoms with Crippen LogP contribution in [0.4, 0.5) is 0 Å². The minimum atomic E-state index is -1.39. The molecule has 0 aliphatic rings. The summed E-state index contributed by atoms with van der Waals surface area (Å²) in [5.41, 5.74) is 13.1. The third-order valence-electron chi connectivity index (χ3n) is 6.08. The van der Waals surface area contributed by atoms with Gasteiger partial charge in [0.25, 0.3) is 0 Å². The highest BCUT2D eigenvalue weighted by Gasteiger charge is 2.33. The number of carbonyl (C=O) groups excluding carboxylic acids is 4. The Morgan fingerprint density at radius 2 is 1.68 bits per heavy atom. The molecule has 0 saturated heterocycles. The lowest BCUT2D eigenvalue weighted by atomic mass is 9.97. The van der Waals surface area contributed by atoms with Crippen molar-refractivity contribution in [2.45, 2.75) is 57.3 Å². The highest BCUT2D eigenvalue weighted by Crippen LogP contribution is 2.19. The molecule has 0 aliphatic heterocycles. The molecule has 5 atom stereocenters. The third-order valence-corrected chi connectivity index (χ3v) is 6.45. The van der Waals surface area contributed by atoms with Gasteiger partial charge >= 0.3 is 5.97 Å². The Morgan fingerprint density at radius 1 is 1.03 bits per heavy atom. The van der Waals surface area contributed by atoms with E-state index in [0.717, 1.165) is 16.5 Å². The van der Waals surface area contributed by atoms with E-state index < -0.39 is 66.1 Å². The normalized spacial score (nSPS) is 15.1. The molecule has 0 fully saturated rings. The number of amides is 4. The number of fused-ring (bicyclic) bond motifs is 1. The predicted octanol–water partition coefficient (Wildman–Crippen LogP) is -0.572. The van der Waals surface area contributed by atoms with Crippen molar-refractivity contribution in [2.75, 3.05) is 5.75 Å². The van der Waals surface area contributed by atoms with Crippen LogP contribution in [-0.2, 0) is 30.4 Å². The van der Waals surface area contributed by atoms with Crippen LogP contribution < -0.4 is 27.4 Å². The molecule has 1 aromatic heterocycles. The Kier molecular flexibility index (Phi) is 10.9. The molecule has 1 aromatic carbocycles. The van der Waals surface area contributed by atoms with Crippen molar-refractivity contribution in [1.82, 2.24) is 20.9 Å². The summed E-state index contributed by atoms with van der Waals surface area (Å²) >= 11 is 3.93. The van der Waals surface area contributed by atoms with Gasteiger partial charge in [-0.15, -0.1) is 0 Å². The number of hydrogen-bond donors (Lipinski definition) is 8. The lowest BCUT2D eigenvalue weighted by Gasteiger charge is -2.27. The van der Waals surface area contributed by atoms with Crippen LogP contribution in [-0.4, -0.2) is 69.6 Å². The monoisotopic (exact) mass is 534 g/mol. The standard InChI is InChI=1S/C24H34N6O6S/c1-3-12(2)20(23(34)29-18(11-37)24(35)36)30-22(33)17(9-19(26)31)28-21(32)15(25)8-13-10-27-16-7-5-4-6-14(13)16/h4-7,10,12,15,17-18,20,27,37H,3,8-9,11,25H2,1-2H3,(H2,26,31)(H,28,32)(H,29,34)(H,30,33)(H,35,36). The Labute approximate surface area is 219 Å². The highest BCUT2D eigenvalue weighted by atomic mass is 32.1. The van der Waals surface area contributed by atoms with E-state index >= 15 is 0 Å². The Morgan fingerprint density at radius 3 is 2.27 bits per heavy atom. The molecule has 2 rings (SSSR count). The fourth-order valence-electron chi connectivity index (χ4n) is 3.72. The van der Waals surface area contributed by atoms with E-state index in [-0.39, 0.29) is 12.2 Å². The van der Waals surface area contributed by atoms with Gasteiger partial charge in [0, 0.05) is 22.9 Å². The van der Waals surface area contributed by atoms with Crippen molar-refractivity contribution in [3.63, 3.8) is 0 Å². The van der Waals surface area contributed by atoms with Gasteiger partial charge in [0.1, 0.15) is 18.1 Å². The lowest BCUT2D eigenvalue weighted by Crippen LogP contribution is -2.59. The maximum atomic E-state index is 13.1. The highest BCUT2D eigenvalue weighted by molar-refractivity contribution is 7.80. The number of nitrogens with two attached hydrogens (primary N) is 2. The second-order valence-corrected chi connectivity index (χ2v) is 9.22. The summed E-state index contributed by atoms with van der Waals surface area (Å²) in [6, 6.07) is 2.68. The number of primary amides is 1. The maximum absolute atomic E-state index is 13.1. The summed E-state index contributed by atoms with van der Waals surface area (Å²) in [4.78, 5) is 64.7. The number of thiol groups is 1. The number of aromatic amines is 1. The number of aromatic nitrogens is 1. The van der Waals surface area contributed by atoms with E-state index in [1.54, 1.807) is 20.0 Å². The summed E-state index contributed by atoms with van der Waals surface area (Å²) in [5, 5.41) is 17.4. The van der Waals surface area contributed by atoms with Crippen molar-refractivity contribution >= 4 is 53.1 Å². The number of aliphatic carboxylic acids is 1. The topological polar surface area (TPSA) is 209 Å². The van der Waals surface area contributed by atoms with Crippen LogP contribution in [0.1, 0.15) is 32.3 Å². The number of para-hydroxylation sites is 1. The van der Waals surface area contributed by atoms with Gasteiger partial charge in [-0.25, -0.2) is 4.79 Å². The van der Waals surface area contributed by atoms with Gasteiger partial charge in [-0.3, -0.25) is 19.2 Å². The molecule has 4 amide bonds. The Bertz CT molecular complexity index is 1140. The fraction of sp³-hybridized carbons (Fsp3) is 0.458. The van der Waals surface area contributed by atoms with Crippen LogP contribution in [0.2, 0.25) is 0 Å². The van der Waals surface area contributed by atoms with Crippen molar-refractivity contribution in [1.29, 1.82) is 0 Å².